The van der Waals surface area contributed by atoms with Crippen LogP contribution >= 0.6 is 0 Å². The number of amides is 1. The lowest BCUT2D eigenvalue weighted by atomic mass is 9.99. The molecule has 0 saturated carbocycles. The van der Waals surface area contributed by atoms with Gasteiger partial charge in [-0.25, -0.2) is 0 Å². The Morgan fingerprint density at radius 3 is 1.20 bits per heavy atom. The van der Waals surface area contributed by atoms with Gasteiger partial charge in [-0.05, 0) is 70.6 Å². The molecule has 0 aromatic rings. The van der Waals surface area contributed by atoms with Crippen LogP contribution in [0, 0.1) is 0 Å². The number of rotatable bonds is 56. The van der Waals surface area contributed by atoms with E-state index in [9.17, 15) is 30.3 Å². The number of hydrogen-bond donors (Lipinski definition) is 6. The predicted molar refractivity (Wildman–Crippen MR) is 322 cm³/mol. The van der Waals surface area contributed by atoms with Crippen LogP contribution in [-0.2, 0) is 14.3 Å². The van der Waals surface area contributed by atoms with Crippen molar-refractivity contribution in [3.63, 3.8) is 0 Å². The number of aliphatic hydroxyl groups is 5. The maximum absolute atomic E-state index is 13.1. The number of hydrogen-bond acceptors (Lipinski definition) is 8. The molecular formula is C67H123NO8. The van der Waals surface area contributed by atoms with Crippen molar-refractivity contribution < 1.29 is 39.8 Å². The minimum Gasteiger partial charge on any atom is -0.394 e. The number of unbranched alkanes of at least 4 members (excludes halogenated alkanes) is 38. The molecule has 1 saturated heterocycles. The number of nitrogens with one attached hydrogen (secondary N) is 1. The molecular weight excluding hydrogens is 947 g/mol. The molecule has 1 aliphatic heterocycles. The predicted octanol–water partition coefficient (Wildman–Crippen LogP) is 17.0. The second kappa shape index (κ2) is 56.2. The van der Waals surface area contributed by atoms with Crippen LogP contribution in [0.25, 0.3) is 0 Å². The van der Waals surface area contributed by atoms with E-state index in [1.807, 2.05) is 6.08 Å². The minimum absolute atomic E-state index is 0.183. The summed E-state index contributed by atoms with van der Waals surface area (Å²) in [5.41, 5.74) is 0. The molecule has 0 aromatic heterocycles. The van der Waals surface area contributed by atoms with Crippen molar-refractivity contribution >= 4 is 5.91 Å². The zero-order valence-corrected chi connectivity index (χ0v) is 49.5. The zero-order valence-electron chi connectivity index (χ0n) is 49.5. The topological polar surface area (TPSA) is 149 Å². The second-order valence-electron chi connectivity index (χ2n) is 22.5. The lowest BCUT2D eigenvalue weighted by Crippen LogP contribution is -2.60. The zero-order chi connectivity index (χ0) is 55.0. The molecule has 9 heteroatoms. The van der Waals surface area contributed by atoms with Crippen molar-refractivity contribution in [3.8, 4) is 0 Å². The maximum Gasteiger partial charge on any atom is 0.220 e. The molecule has 1 heterocycles. The summed E-state index contributed by atoms with van der Waals surface area (Å²) in [5, 5.41) is 54.6. The van der Waals surface area contributed by atoms with Crippen LogP contribution in [0.5, 0.6) is 0 Å². The normalized spacial score (nSPS) is 19.2. The maximum atomic E-state index is 13.1. The van der Waals surface area contributed by atoms with Crippen molar-refractivity contribution in [2.24, 2.45) is 0 Å². The van der Waals surface area contributed by atoms with E-state index in [2.05, 4.69) is 67.8 Å². The molecule has 6 N–H and O–H groups in total. The number of carbonyl (C=O) groups is 1. The molecule has 1 rings (SSSR count). The number of aliphatic hydroxyl groups excluding tert-OH is 5. The van der Waals surface area contributed by atoms with Crippen molar-refractivity contribution in [3.05, 3.63) is 60.8 Å². The first kappa shape index (κ1) is 71.9. The highest BCUT2D eigenvalue weighted by molar-refractivity contribution is 5.76. The monoisotopic (exact) mass is 1070 g/mol. The average molecular weight is 1070 g/mol. The Morgan fingerprint density at radius 2 is 0.789 bits per heavy atom. The summed E-state index contributed by atoms with van der Waals surface area (Å²) in [7, 11) is 0. The largest absolute Gasteiger partial charge is 0.394 e. The van der Waals surface area contributed by atoms with E-state index in [-0.39, 0.29) is 12.5 Å². The molecule has 0 radical (unpaired) electrons. The van der Waals surface area contributed by atoms with Gasteiger partial charge in [0, 0.05) is 6.42 Å². The Hall–Kier alpha value is -2.11. The van der Waals surface area contributed by atoms with Gasteiger partial charge in [0.05, 0.1) is 25.4 Å². The Balaban J connectivity index is 2.12. The van der Waals surface area contributed by atoms with Crippen LogP contribution < -0.4 is 5.32 Å². The fourth-order valence-corrected chi connectivity index (χ4v) is 10.2. The SMILES string of the molecule is CCCCCCC/C=C\C/C=C\C/C=C\CCCCCCCCCCCCCCCCCCCCCCC(=O)NC(COC1OC(CO)C(O)C(O)C1O)C(O)/C=C/CC/C=C/CCCCCCCCCCCCCC. The smallest absolute Gasteiger partial charge is 0.220 e. The van der Waals surface area contributed by atoms with Crippen molar-refractivity contribution in [2.45, 2.75) is 346 Å². The highest BCUT2D eigenvalue weighted by atomic mass is 16.7. The second-order valence-corrected chi connectivity index (χ2v) is 22.5. The summed E-state index contributed by atoms with van der Waals surface area (Å²) in [5.74, 6) is -0.183. The quantitative estimate of drug-likeness (QED) is 0.0261. The van der Waals surface area contributed by atoms with Gasteiger partial charge in [-0.2, -0.15) is 0 Å². The van der Waals surface area contributed by atoms with Crippen molar-refractivity contribution in [1.82, 2.24) is 5.32 Å². The Labute approximate surface area is 468 Å². The molecule has 0 spiro atoms. The molecule has 0 bridgehead atoms. The van der Waals surface area contributed by atoms with Gasteiger partial charge in [-0.3, -0.25) is 4.79 Å². The molecule has 9 nitrogen and oxygen atoms in total. The molecule has 0 aromatic carbocycles. The van der Waals surface area contributed by atoms with E-state index in [0.29, 0.717) is 6.42 Å². The molecule has 1 fully saturated rings. The minimum atomic E-state index is -1.57. The first-order chi connectivity index (χ1) is 37.3. The first-order valence-corrected chi connectivity index (χ1v) is 32.5. The molecule has 1 amide bonds. The van der Waals surface area contributed by atoms with E-state index in [4.69, 9.17) is 9.47 Å². The van der Waals surface area contributed by atoms with Crippen LogP contribution in [0.3, 0.4) is 0 Å². The number of carbonyl (C=O) groups excluding carboxylic acids is 1. The highest BCUT2D eigenvalue weighted by Crippen LogP contribution is 2.23. The molecule has 7 atom stereocenters. The highest BCUT2D eigenvalue weighted by Gasteiger charge is 2.44. The number of ether oxygens (including phenoxy) is 2. The summed E-state index contributed by atoms with van der Waals surface area (Å²) < 4.78 is 11.3. The van der Waals surface area contributed by atoms with Gasteiger partial charge in [0.15, 0.2) is 6.29 Å². The van der Waals surface area contributed by atoms with Crippen molar-refractivity contribution in [1.29, 1.82) is 0 Å². The van der Waals surface area contributed by atoms with Crippen LogP contribution in [0.4, 0.5) is 0 Å². The van der Waals surface area contributed by atoms with Gasteiger partial charge >= 0.3 is 0 Å². The first-order valence-electron chi connectivity index (χ1n) is 32.5. The lowest BCUT2D eigenvalue weighted by Gasteiger charge is -2.40. The van der Waals surface area contributed by atoms with Crippen molar-refractivity contribution in [2.75, 3.05) is 13.2 Å². The van der Waals surface area contributed by atoms with Crippen LogP contribution in [-0.4, -0.2) is 87.5 Å². The Bertz CT molecular complexity index is 1380. The standard InChI is InChI=1S/C67H123NO8/c1-3-5-7-9-11-13-15-17-19-21-23-24-25-26-27-28-29-30-31-32-33-34-35-36-37-38-39-41-43-45-47-49-51-53-55-57-63(71)68-60(59-75-67-66(74)65(73)64(72)62(58-69)76-67)61(70)56-54-52-50-48-46-44-42-40-22-20-18-16-14-12-10-8-6-4-2/h15,17,21,23,25-26,46,48,54,56,60-62,64-67,69-70,72-74H,3-14,16,18-20,22,24,27-45,47,49-53,55,57-59H2,1-2H3,(H,68,71)/b17-15-,23-21-,26-25-,48-46+,56-54+. The third-order valence-electron chi connectivity index (χ3n) is 15.3. The summed E-state index contributed by atoms with van der Waals surface area (Å²) in [6.45, 7) is 3.78. The average Bonchev–Trinajstić information content (AvgIpc) is 3.42. The molecule has 444 valence electrons. The third kappa shape index (κ3) is 44.7. The lowest BCUT2D eigenvalue weighted by molar-refractivity contribution is -0.302. The van der Waals surface area contributed by atoms with E-state index >= 15 is 0 Å². The van der Waals surface area contributed by atoms with E-state index in [1.165, 1.54) is 231 Å². The van der Waals surface area contributed by atoms with Gasteiger partial charge in [0.2, 0.25) is 5.91 Å². The summed E-state index contributed by atoms with van der Waals surface area (Å²) >= 11 is 0. The molecule has 0 aliphatic carbocycles. The van der Waals surface area contributed by atoms with E-state index < -0.39 is 49.5 Å². The van der Waals surface area contributed by atoms with E-state index in [0.717, 1.165) is 51.4 Å². The molecule has 1 aliphatic rings. The van der Waals surface area contributed by atoms with Gasteiger partial charge in [0.1, 0.15) is 24.4 Å². The summed E-state index contributed by atoms with van der Waals surface area (Å²) in [6, 6.07) is -0.823. The van der Waals surface area contributed by atoms with Gasteiger partial charge in [-0.1, -0.05) is 286 Å². The summed E-state index contributed by atoms with van der Waals surface area (Å²) in [4.78, 5) is 13.1. The van der Waals surface area contributed by atoms with Crippen LogP contribution in [0.1, 0.15) is 303 Å². The third-order valence-corrected chi connectivity index (χ3v) is 15.3. The van der Waals surface area contributed by atoms with Gasteiger partial charge in [-0.15, -0.1) is 0 Å². The van der Waals surface area contributed by atoms with Crippen LogP contribution in [0.2, 0.25) is 0 Å². The fraction of sp³-hybridized carbons (Fsp3) is 0.836. The van der Waals surface area contributed by atoms with Crippen LogP contribution in [0.15, 0.2) is 60.8 Å². The van der Waals surface area contributed by atoms with E-state index in [1.54, 1.807) is 6.08 Å². The number of allylic oxidation sites excluding steroid dienone is 9. The molecule has 76 heavy (non-hydrogen) atoms. The Kier molecular flexibility index (Phi) is 53.1. The fourth-order valence-electron chi connectivity index (χ4n) is 10.2. The van der Waals surface area contributed by atoms with Gasteiger partial charge in [0.25, 0.3) is 0 Å². The molecule has 7 unspecified atom stereocenters. The Morgan fingerprint density at radius 1 is 0.447 bits per heavy atom. The van der Waals surface area contributed by atoms with Gasteiger partial charge < -0.3 is 40.3 Å². The summed E-state index contributed by atoms with van der Waals surface area (Å²) in [6.07, 6.45) is 70.3.